The Labute approximate surface area is 532 Å². The molecule has 9 amide bonds. The predicted octanol–water partition coefficient (Wildman–Crippen LogP) is 4.70. The Balaban J connectivity index is 0.865. The Morgan fingerprint density at radius 1 is 0.763 bits per heavy atom. The van der Waals surface area contributed by atoms with Crippen LogP contribution in [0.15, 0.2) is 85.1 Å². The third kappa shape index (κ3) is 15.0. The van der Waals surface area contributed by atoms with E-state index in [9.17, 15) is 43.2 Å². The van der Waals surface area contributed by atoms with Crippen LogP contribution in [-0.2, 0) is 61.5 Å². The number of primary amides is 2. The lowest BCUT2D eigenvalue weighted by molar-refractivity contribution is -0.137. The Morgan fingerprint density at radius 2 is 1.45 bits per heavy atom. The van der Waals surface area contributed by atoms with Crippen LogP contribution in [0.3, 0.4) is 0 Å². The third-order valence-corrected chi connectivity index (χ3v) is 15.2. The van der Waals surface area contributed by atoms with Gasteiger partial charge in [-0.05, 0) is 88.9 Å². The number of aryl methyl sites for hydroxylation is 4. The molecule has 8 N–H and O–H groups in total. The highest BCUT2D eigenvalue weighted by molar-refractivity contribution is 6.13. The van der Waals surface area contributed by atoms with Gasteiger partial charge in [0.15, 0.2) is 5.82 Å². The van der Waals surface area contributed by atoms with Gasteiger partial charge in [-0.3, -0.25) is 57.9 Å². The molecule has 30 nitrogen and oxygen atoms in total. The number of hydrogen-bond acceptors (Lipinski definition) is 18. The first-order valence-corrected chi connectivity index (χ1v) is 29.9. The molecular weight excluding hydrogens is 1200 g/mol. The second-order valence-electron chi connectivity index (χ2n) is 22.3. The number of benzene rings is 2. The molecule has 30 heteroatoms. The topological polar surface area (TPSA) is 385 Å². The van der Waals surface area contributed by atoms with Crippen molar-refractivity contribution in [3.63, 3.8) is 0 Å². The molecule has 1 aliphatic heterocycles. The van der Waals surface area contributed by atoms with E-state index in [1.165, 1.54) is 37.1 Å². The van der Waals surface area contributed by atoms with Crippen LogP contribution in [0.2, 0.25) is 0 Å². The number of carbonyl (C=O) groups excluding carboxylic acids is 9. The highest BCUT2D eigenvalue weighted by Crippen LogP contribution is 2.36. The summed E-state index contributed by atoms with van der Waals surface area (Å²) in [6.07, 6.45) is 7.04. The molecule has 1 aliphatic rings. The number of imidazole rings is 1. The summed E-state index contributed by atoms with van der Waals surface area (Å²) in [5, 5.41) is 20.5. The molecule has 0 aliphatic carbocycles. The summed E-state index contributed by atoms with van der Waals surface area (Å²) < 4.78 is 24.8. The minimum absolute atomic E-state index is 0.0130. The quantitative estimate of drug-likeness (QED) is 0.0220. The molecule has 2 atom stereocenters. The number of carbonyl (C=O) groups is 9. The van der Waals surface area contributed by atoms with Crippen molar-refractivity contribution < 1.29 is 57.4 Å². The van der Waals surface area contributed by atoms with Crippen molar-refractivity contribution in [2.75, 3.05) is 44.5 Å². The van der Waals surface area contributed by atoms with Gasteiger partial charge < -0.3 is 55.7 Å². The van der Waals surface area contributed by atoms with E-state index in [2.05, 4.69) is 36.4 Å². The lowest BCUT2D eigenvalue weighted by atomic mass is 10.0. The number of aromatic nitrogens is 10. The summed E-state index contributed by atoms with van der Waals surface area (Å²) in [4.78, 5) is 137. The predicted molar refractivity (Wildman–Crippen MR) is 340 cm³/mol. The molecule has 0 fully saturated rings. The van der Waals surface area contributed by atoms with Gasteiger partial charge in [0.1, 0.15) is 69.5 Å². The molecule has 0 saturated carbocycles. The van der Waals surface area contributed by atoms with Gasteiger partial charge >= 0.3 is 6.09 Å². The first-order valence-electron chi connectivity index (χ1n) is 29.9. The molecule has 93 heavy (non-hydrogen) atoms. The van der Waals surface area contributed by atoms with Crippen LogP contribution >= 0.6 is 0 Å². The summed E-state index contributed by atoms with van der Waals surface area (Å²) in [5.41, 5.74) is 17.1. The van der Waals surface area contributed by atoms with E-state index in [1.807, 2.05) is 43.6 Å². The zero-order chi connectivity index (χ0) is 66.9. The standard InChI is InChI=1S/C63H72N18O12/c1-10-80-44(27-35(5)74-80)57-66-32-41-52-54(46(91-9)31-43(69-52)56(65)86)78(58(41)72-57)23-12-13-24-79-53-42(70-62(79)73-60(88)45-28-36(6)75-81(45)11-2)29-39(55(64)85)30-47(53)92-26-14-22-76(8)63(90)93-33-38-15-17-40(18-16-38)68-59(87)37(7)67-61(89)51(34(3)4)71-48(82)21-25-77-49(83)19-20-50(77)84/h12-13,15-20,27-32,34,37,51H,10-11,14,21-26,33H2,1-9H3,(H2,64,85)(H2,65,86)(H,67,89)(H,68,87)(H,71,82)(H,70,73,88)/b13-12+/t37-,51-/m0/s1. The van der Waals surface area contributed by atoms with Crippen molar-refractivity contribution >= 4 is 98.1 Å². The van der Waals surface area contributed by atoms with E-state index in [0.29, 0.717) is 81.3 Å². The van der Waals surface area contributed by atoms with Gasteiger partial charge in [0.05, 0.1) is 36.0 Å². The number of fused-ring (bicyclic) bond motifs is 4. The Bertz CT molecular complexity index is 4290. The SMILES string of the molecule is CCn1nc(C)cc1C(=O)Nc1nc2cc(C(N)=O)cc(OCCCN(C)C(=O)OCc3ccc(NC(=O)[C@H](C)NC(=O)[C@@H](NC(=O)CCN4C(=O)C=CC4=O)C(C)C)cc3)c2n1C/C=C/Cn1c2nc(-c3cc(C)nn3CC)ncc2c2nc(C(N)=O)cc(OC)c21. The molecule has 2 aromatic carbocycles. The van der Waals surface area contributed by atoms with Crippen molar-refractivity contribution in [1.82, 2.24) is 69.1 Å². The van der Waals surface area contributed by atoms with E-state index >= 15 is 0 Å². The van der Waals surface area contributed by atoms with Crippen LogP contribution < -0.4 is 42.2 Å². The fourth-order valence-electron chi connectivity index (χ4n) is 10.4. The van der Waals surface area contributed by atoms with E-state index in [1.54, 1.807) is 78.3 Å². The molecule has 486 valence electrons. The van der Waals surface area contributed by atoms with Crippen LogP contribution in [0.1, 0.15) is 95.7 Å². The van der Waals surface area contributed by atoms with Crippen LogP contribution in [-0.4, -0.2) is 158 Å². The van der Waals surface area contributed by atoms with Gasteiger partial charge in [-0.2, -0.15) is 10.2 Å². The summed E-state index contributed by atoms with van der Waals surface area (Å²) in [6, 6.07) is 12.5. The highest BCUT2D eigenvalue weighted by atomic mass is 16.6. The van der Waals surface area contributed by atoms with Crippen LogP contribution in [0.4, 0.5) is 16.4 Å². The van der Waals surface area contributed by atoms with E-state index < -0.39 is 65.4 Å². The van der Waals surface area contributed by atoms with Crippen LogP contribution in [0, 0.1) is 19.8 Å². The summed E-state index contributed by atoms with van der Waals surface area (Å²) >= 11 is 0. The molecule has 0 bridgehead atoms. The highest BCUT2D eigenvalue weighted by Gasteiger charge is 2.30. The molecule has 0 spiro atoms. The number of anilines is 2. The first-order chi connectivity index (χ1) is 44.5. The number of ether oxygens (including phenoxy) is 3. The maximum absolute atomic E-state index is 14.1. The van der Waals surface area contributed by atoms with Gasteiger partial charge in [-0.15, -0.1) is 0 Å². The van der Waals surface area contributed by atoms with E-state index in [0.717, 1.165) is 22.7 Å². The van der Waals surface area contributed by atoms with Crippen molar-refractivity contribution in [3.05, 3.63) is 119 Å². The second-order valence-corrected chi connectivity index (χ2v) is 22.3. The van der Waals surface area contributed by atoms with Crippen molar-refractivity contribution in [1.29, 1.82) is 0 Å². The Hall–Kier alpha value is -11.3. The average Bonchev–Trinajstić information content (AvgIpc) is 1.61. The molecule has 6 aromatic heterocycles. The smallest absolute Gasteiger partial charge is 0.409 e. The van der Waals surface area contributed by atoms with Crippen LogP contribution in [0.25, 0.3) is 44.6 Å². The molecular formula is C63H72N18O12. The lowest BCUT2D eigenvalue weighted by Gasteiger charge is -2.24. The van der Waals surface area contributed by atoms with Gasteiger partial charge in [0, 0.05) is 88.4 Å². The maximum Gasteiger partial charge on any atom is 0.409 e. The molecule has 9 rings (SSSR count). The third-order valence-electron chi connectivity index (χ3n) is 15.2. The Kier molecular flexibility index (Phi) is 20.4. The number of nitrogens with one attached hydrogen (secondary N) is 4. The number of methoxy groups -OCH3 is 1. The fraction of sp³-hybridized carbons (Fsp3) is 0.349. The number of allylic oxidation sites excluding steroid dienone is 2. The summed E-state index contributed by atoms with van der Waals surface area (Å²) in [6.45, 7) is 13.6. The molecule has 0 radical (unpaired) electrons. The number of nitrogens with two attached hydrogens (primary N) is 2. The van der Waals surface area contributed by atoms with Crippen LogP contribution in [0.5, 0.6) is 11.5 Å². The number of amides is 9. The van der Waals surface area contributed by atoms with Gasteiger partial charge in [-0.25, -0.2) is 24.7 Å². The summed E-state index contributed by atoms with van der Waals surface area (Å²) in [5.74, 6) is -4.06. The number of pyridine rings is 1. The molecule has 8 aromatic rings. The number of nitrogens with zero attached hydrogens (tertiary/aromatic N) is 12. The second kappa shape index (κ2) is 28.7. The lowest BCUT2D eigenvalue weighted by Crippen LogP contribution is -2.54. The number of hydrogen-bond donors (Lipinski definition) is 6. The van der Waals surface area contributed by atoms with Gasteiger partial charge in [0.25, 0.3) is 23.6 Å². The molecule has 7 heterocycles. The fourth-order valence-corrected chi connectivity index (χ4v) is 10.4. The summed E-state index contributed by atoms with van der Waals surface area (Å²) in [7, 11) is 3.03. The van der Waals surface area contributed by atoms with Gasteiger partial charge in [0.2, 0.25) is 29.6 Å². The van der Waals surface area contributed by atoms with Crippen molar-refractivity contribution in [2.24, 2.45) is 17.4 Å². The van der Waals surface area contributed by atoms with Crippen molar-refractivity contribution in [3.8, 4) is 23.0 Å². The van der Waals surface area contributed by atoms with E-state index in [4.69, 9.17) is 40.6 Å². The van der Waals surface area contributed by atoms with Gasteiger partial charge in [-0.1, -0.05) is 38.1 Å². The maximum atomic E-state index is 14.1. The molecule has 0 saturated heterocycles. The zero-order valence-corrected chi connectivity index (χ0v) is 52.8. The first kappa shape index (κ1) is 66.1. The van der Waals surface area contributed by atoms with E-state index in [-0.39, 0.29) is 85.9 Å². The zero-order valence-electron chi connectivity index (χ0n) is 52.8. The largest absolute Gasteiger partial charge is 0.494 e. The minimum Gasteiger partial charge on any atom is -0.494 e. The molecule has 0 unspecified atom stereocenters. The normalized spacial score (nSPS) is 12.9. The number of imide groups is 1. The number of rotatable bonds is 28. The average molecular weight is 1270 g/mol. The Morgan fingerprint density at radius 3 is 2.12 bits per heavy atom. The van der Waals surface area contributed by atoms with Crippen molar-refractivity contribution in [2.45, 2.75) is 106 Å². The minimum atomic E-state index is -1.01. The monoisotopic (exact) mass is 1270 g/mol.